The predicted molar refractivity (Wildman–Crippen MR) is 53.1 cm³/mol. The maximum Gasteiger partial charge on any atom is 0.270 e. The van der Waals surface area contributed by atoms with Gasteiger partial charge in [-0.05, 0) is 12.1 Å². The number of benzene rings is 1. The molecule has 0 saturated carbocycles. The SMILES string of the molecule is O=[N+]([O-])c1ccc2c(c1)/c(=N/O)ccn2O. The average molecular weight is 221 g/mol. The highest BCUT2D eigenvalue weighted by molar-refractivity contribution is 5.80. The van der Waals surface area contributed by atoms with Gasteiger partial charge in [-0.3, -0.25) is 10.1 Å². The molecule has 0 aliphatic heterocycles. The minimum absolute atomic E-state index is 0.136. The highest BCUT2D eigenvalue weighted by Gasteiger charge is 2.09. The monoisotopic (exact) mass is 221 g/mol. The number of non-ortho nitro benzene ring substituents is 1. The first-order chi connectivity index (χ1) is 7.63. The van der Waals surface area contributed by atoms with E-state index in [-0.39, 0.29) is 11.0 Å². The summed E-state index contributed by atoms with van der Waals surface area (Å²) < 4.78 is 0.799. The van der Waals surface area contributed by atoms with Gasteiger partial charge in [-0.2, -0.15) is 4.73 Å². The van der Waals surface area contributed by atoms with Crippen LogP contribution in [0.4, 0.5) is 5.69 Å². The van der Waals surface area contributed by atoms with Crippen LogP contribution in [0.5, 0.6) is 0 Å². The van der Waals surface area contributed by atoms with Crippen LogP contribution in [0, 0.1) is 10.1 Å². The van der Waals surface area contributed by atoms with Crippen LogP contribution in [-0.2, 0) is 0 Å². The van der Waals surface area contributed by atoms with E-state index in [9.17, 15) is 15.3 Å². The molecule has 82 valence electrons. The van der Waals surface area contributed by atoms with Crippen molar-refractivity contribution in [3.8, 4) is 0 Å². The van der Waals surface area contributed by atoms with Crippen molar-refractivity contribution in [3.05, 3.63) is 45.9 Å². The van der Waals surface area contributed by atoms with E-state index in [0.29, 0.717) is 10.9 Å². The lowest BCUT2D eigenvalue weighted by Crippen LogP contribution is -2.08. The highest BCUT2D eigenvalue weighted by atomic mass is 16.6. The molecule has 1 aromatic heterocycles. The standard InChI is InChI=1S/C9H7N3O4/c13-10-8-3-4-11(14)9-2-1-6(12(15)16)5-7(8)9/h1-5,13-14H/b10-8+. The quantitative estimate of drug-likeness (QED) is 0.325. The van der Waals surface area contributed by atoms with Gasteiger partial charge in [0.1, 0.15) is 5.36 Å². The average Bonchev–Trinajstić information content (AvgIpc) is 2.29. The molecule has 0 unspecified atom stereocenters. The largest absolute Gasteiger partial charge is 0.428 e. The van der Waals surface area contributed by atoms with Gasteiger partial charge in [0.25, 0.3) is 5.69 Å². The van der Waals surface area contributed by atoms with Gasteiger partial charge in [-0.15, -0.1) is 0 Å². The van der Waals surface area contributed by atoms with Gasteiger partial charge in [0, 0.05) is 23.7 Å². The topological polar surface area (TPSA) is 101 Å². The first-order valence-corrected chi connectivity index (χ1v) is 4.30. The van der Waals surface area contributed by atoms with Crippen LogP contribution in [-0.4, -0.2) is 20.1 Å². The number of hydrogen-bond donors (Lipinski definition) is 2. The lowest BCUT2D eigenvalue weighted by molar-refractivity contribution is -0.384. The third-order valence-corrected chi connectivity index (χ3v) is 2.20. The van der Waals surface area contributed by atoms with Crippen molar-refractivity contribution in [2.24, 2.45) is 5.16 Å². The molecule has 0 atom stereocenters. The van der Waals surface area contributed by atoms with Gasteiger partial charge in [0.2, 0.25) is 0 Å². The smallest absolute Gasteiger partial charge is 0.270 e. The lowest BCUT2D eigenvalue weighted by Gasteiger charge is -2.03. The number of nitro benzene ring substituents is 1. The Morgan fingerprint density at radius 2 is 2.12 bits per heavy atom. The second-order valence-corrected chi connectivity index (χ2v) is 3.10. The minimum Gasteiger partial charge on any atom is -0.428 e. The molecule has 7 nitrogen and oxygen atoms in total. The lowest BCUT2D eigenvalue weighted by atomic mass is 10.2. The Bertz CT molecular complexity index is 632. The van der Waals surface area contributed by atoms with E-state index in [4.69, 9.17) is 5.21 Å². The summed E-state index contributed by atoms with van der Waals surface area (Å²) in [7, 11) is 0. The normalized spacial score (nSPS) is 11.9. The fourth-order valence-corrected chi connectivity index (χ4v) is 1.44. The number of fused-ring (bicyclic) bond motifs is 1. The van der Waals surface area contributed by atoms with E-state index >= 15 is 0 Å². The van der Waals surface area contributed by atoms with Crippen molar-refractivity contribution in [1.82, 2.24) is 4.73 Å². The van der Waals surface area contributed by atoms with E-state index in [0.717, 1.165) is 4.73 Å². The van der Waals surface area contributed by atoms with Crippen molar-refractivity contribution in [2.75, 3.05) is 0 Å². The zero-order chi connectivity index (χ0) is 11.7. The molecular formula is C9H7N3O4. The van der Waals surface area contributed by atoms with Gasteiger partial charge < -0.3 is 10.4 Å². The van der Waals surface area contributed by atoms with Crippen LogP contribution >= 0.6 is 0 Å². The molecule has 1 aromatic carbocycles. The van der Waals surface area contributed by atoms with Crippen molar-refractivity contribution >= 4 is 16.6 Å². The Morgan fingerprint density at radius 1 is 1.38 bits per heavy atom. The third-order valence-electron chi connectivity index (χ3n) is 2.20. The van der Waals surface area contributed by atoms with Gasteiger partial charge in [0.15, 0.2) is 0 Å². The number of pyridine rings is 1. The molecule has 0 amide bonds. The molecule has 0 aliphatic rings. The molecule has 7 heteroatoms. The Morgan fingerprint density at radius 3 is 2.75 bits per heavy atom. The molecule has 2 N–H and O–H groups in total. The van der Waals surface area contributed by atoms with E-state index in [2.05, 4.69) is 5.16 Å². The van der Waals surface area contributed by atoms with E-state index in [1.54, 1.807) is 0 Å². The summed E-state index contributed by atoms with van der Waals surface area (Å²) in [6.45, 7) is 0. The van der Waals surface area contributed by atoms with E-state index < -0.39 is 4.92 Å². The van der Waals surface area contributed by atoms with Crippen LogP contribution in [0.25, 0.3) is 10.9 Å². The van der Waals surface area contributed by atoms with Crippen LogP contribution in [0.3, 0.4) is 0 Å². The molecule has 0 bridgehead atoms. The first kappa shape index (κ1) is 9.97. The molecule has 0 radical (unpaired) electrons. The van der Waals surface area contributed by atoms with Crippen LogP contribution in [0.2, 0.25) is 0 Å². The fourth-order valence-electron chi connectivity index (χ4n) is 1.44. The summed E-state index contributed by atoms with van der Waals surface area (Å²) in [5.74, 6) is 0. The Hall–Kier alpha value is -2.57. The van der Waals surface area contributed by atoms with Crippen LogP contribution in [0.15, 0.2) is 35.6 Å². The fraction of sp³-hybridized carbons (Fsp3) is 0. The van der Waals surface area contributed by atoms with Crippen molar-refractivity contribution in [2.45, 2.75) is 0 Å². The zero-order valence-electron chi connectivity index (χ0n) is 7.94. The van der Waals surface area contributed by atoms with E-state index in [1.165, 1.54) is 30.5 Å². The molecule has 1 heterocycles. The summed E-state index contributed by atoms with van der Waals surface area (Å²) in [4.78, 5) is 10.0. The second-order valence-electron chi connectivity index (χ2n) is 3.10. The van der Waals surface area contributed by atoms with Crippen molar-refractivity contribution in [1.29, 1.82) is 0 Å². The molecule has 0 fully saturated rings. The number of rotatable bonds is 1. The maximum absolute atomic E-state index is 10.6. The highest BCUT2D eigenvalue weighted by Crippen LogP contribution is 2.17. The minimum atomic E-state index is -0.560. The zero-order valence-corrected chi connectivity index (χ0v) is 7.94. The summed E-state index contributed by atoms with van der Waals surface area (Å²) in [5.41, 5.74) is 0.185. The van der Waals surface area contributed by atoms with E-state index in [1.807, 2.05) is 0 Å². The van der Waals surface area contributed by atoms with Gasteiger partial charge in [-0.25, -0.2) is 0 Å². The number of nitrogens with zero attached hydrogens (tertiary/aromatic N) is 3. The second kappa shape index (κ2) is 3.54. The maximum atomic E-state index is 10.6. The molecular weight excluding hydrogens is 214 g/mol. The Labute approximate surface area is 88.6 Å². The first-order valence-electron chi connectivity index (χ1n) is 4.30. The molecule has 2 aromatic rings. The van der Waals surface area contributed by atoms with Crippen LogP contribution < -0.4 is 5.36 Å². The van der Waals surface area contributed by atoms with Gasteiger partial charge in [-0.1, -0.05) is 5.16 Å². The summed E-state index contributed by atoms with van der Waals surface area (Å²) >= 11 is 0. The molecule has 0 spiro atoms. The van der Waals surface area contributed by atoms with Crippen molar-refractivity contribution in [3.63, 3.8) is 0 Å². The van der Waals surface area contributed by atoms with Gasteiger partial charge >= 0.3 is 0 Å². The summed E-state index contributed by atoms with van der Waals surface area (Å²) in [6, 6.07) is 5.21. The Kier molecular flexibility index (Phi) is 2.20. The molecule has 2 rings (SSSR count). The number of hydrogen-bond acceptors (Lipinski definition) is 5. The van der Waals surface area contributed by atoms with Crippen LogP contribution in [0.1, 0.15) is 0 Å². The summed E-state index contributed by atoms with van der Waals surface area (Å²) in [6.07, 6.45) is 1.28. The number of nitro groups is 1. The molecule has 16 heavy (non-hydrogen) atoms. The number of aromatic nitrogens is 1. The molecule has 0 saturated heterocycles. The third kappa shape index (κ3) is 1.44. The van der Waals surface area contributed by atoms with Crippen molar-refractivity contribution < 1.29 is 15.3 Å². The predicted octanol–water partition coefficient (Wildman–Crippen LogP) is 1.08. The summed E-state index contributed by atoms with van der Waals surface area (Å²) in [5, 5.41) is 32.2. The Balaban J connectivity index is 2.90. The van der Waals surface area contributed by atoms with Gasteiger partial charge in [0.05, 0.1) is 10.4 Å². The molecule has 0 aliphatic carbocycles.